The van der Waals surface area contributed by atoms with E-state index in [-0.39, 0.29) is 17.1 Å². The first-order chi connectivity index (χ1) is 16.7. The maximum atomic E-state index is 13.8. The van der Waals surface area contributed by atoms with E-state index in [0.29, 0.717) is 5.56 Å². The lowest BCUT2D eigenvalue weighted by Crippen LogP contribution is -2.34. The molecule has 36 heavy (non-hydrogen) atoms. The number of halogens is 3. The summed E-state index contributed by atoms with van der Waals surface area (Å²) in [7, 11) is -4.24. The summed E-state index contributed by atoms with van der Waals surface area (Å²) in [6, 6.07) is 13.3. The van der Waals surface area contributed by atoms with Gasteiger partial charge in [-0.05, 0) is 49.6 Å². The first kappa shape index (κ1) is 27.2. The fraction of sp³-hybridized carbons (Fsp3) is 0.308. The van der Waals surface area contributed by atoms with Crippen molar-refractivity contribution in [2.75, 3.05) is 0 Å². The quantitative estimate of drug-likeness (QED) is 0.279. The third-order valence-corrected chi connectivity index (χ3v) is 7.02. The lowest BCUT2D eigenvalue weighted by molar-refractivity contribution is -0.136. The molecule has 3 aromatic rings. The molecule has 1 aromatic heterocycles. The van der Waals surface area contributed by atoms with Crippen molar-refractivity contribution in [3.8, 4) is 11.3 Å². The van der Waals surface area contributed by atoms with Crippen LogP contribution in [0.4, 0.5) is 18.9 Å². The Balaban J connectivity index is 2.18. The van der Waals surface area contributed by atoms with Crippen LogP contribution in [0.15, 0.2) is 64.3 Å². The van der Waals surface area contributed by atoms with E-state index < -0.39 is 45.1 Å². The van der Waals surface area contributed by atoms with E-state index >= 15 is 0 Å². The van der Waals surface area contributed by atoms with Crippen molar-refractivity contribution in [1.82, 2.24) is 4.57 Å². The molecule has 1 heterocycles. The second kappa shape index (κ2) is 10.3. The maximum absolute atomic E-state index is 13.8. The Bertz CT molecular complexity index is 1470. The Morgan fingerprint density at radius 2 is 1.67 bits per heavy atom. The highest BCUT2D eigenvalue weighted by Gasteiger charge is 2.37. The number of pyridine rings is 1. The molecule has 0 saturated heterocycles. The van der Waals surface area contributed by atoms with Gasteiger partial charge in [0, 0.05) is 5.69 Å². The van der Waals surface area contributed by atoms with Gasteiger partial charge in [0.05, 0.1) is 29.7 Å². The molecule has 0 fully saturated rings. The van der Waals surface area contributed by atoms with Gasteiger partial charge in [0.25, 0.3) is 21.4 Å². The summed E-state index contributed by atoms with van der Waals surface area (Å²) in [5, 5.41) is 0. The zero-order valence-corrected chi connectivity index (χ0v) is 20.9. The predicted octanol–water partition coefficient (Wildman–Crippen LogP) is 6.13. The first-order valence-electron chi connectivity index (χ1n) is 11.0. The number of rotatable bonds is 7. The second-order valence-corrected chi connectivity index (χ2v) is 10.4. The average molecular weight is 519 g/mol. The Hall–Kier alpha value is -3.42. The van der Waals surface area contributed by atoms with Crippen LogP contribution in [0.5, 0.6) is 0 Å². The molecule has 1 atom stereocenters. The Morgan fingerprint density at radius 1 is 1.03 bits per heavy atom. The third kappa shape index (κ3) is 5.86. The monoisotopic (exact) mass is 518 g/mol. The van der Waals surface area contributed by atoms with Gasteiger partial charge < -0.3 is 4.57 Å². The highest BCUT2D eigenvalue weighted by Crippen LogP contribution is 2.37. The van der Waals surface area contributed by atoms with Crippen LogP contribution in [0.1, 0.15) is 30.5 Å². The molecule has 3 rings (SSSR count). The highest BCUT2D eigenvalue weighted by atomic mass is 32.2. The van der Waals surface area contributed by atoms with Gasteiger partial charge in [-0.15, -0.1) is 0 Å². The lowest BCUT2D eigenvalue weighted by atomic mass is 10.0. The minimum atomic E-state index is -4.93. The van der Waals surface area contributed by atoms with Crippen LogP contribution in [-0.4, -0.2) is 19.1 Å². The van der Waals surface area contributed by atoms with E-state index in [1.807, 2.05) is 0 Å². The molecule has 0 aliphatic carbocycles. The van der Waals surface area contributed by atoms with Crippen LogP contribution in [0.3, 0.4) is 0 Å². The molecule has 10 heteroatoms. The summed E-state index contributed by atoms with van der Waals surface area (Å²) in [5.41, 5.74) is -1.78. The van der Waals surface area contributed by atoms with E-state index in [4.69, 9.17) is 10.8 Å². The van der Waals surface area contributed by atoms with Crippen LogP contribution in [0.25, 0.3) is 16.1 Å². The Kier molecular flexibility index (Phi) is 7.76. The van der Waals surface area contributed by atoms with Gasteiger partial charge in [-0.2, -0.15) is 21.6 Å². The van der Waals surface area contributed by atoms with Crippen molar-refractivity contribution >= 4 is 15.8 Å². The average Bonchev–Trinajstić information content (AvgIpc) is 2.78. The number of aromatic nitrogens is 1. The predicted molar refractivity (Wildman–Crippen MR) is 130 cm³/mol. The van der Waals surface area contributed by atoms with Gasteiger partial charge in [0.1, 0.15) is 0 Å². The van der Waals surface area contributed by atoms with E-state index in [1.165, 1.54) is 12.1 Å². The molecule has 6 nitrogen and oxygen atoms in total. The molecule has 190 valence electrons. The van der Waals surface area contributed by atoms with E-state index in [9.17, 15) is 26.4 Å². The molecular weight excluding hydrogens is 493 g/mol. The standard InChI is InChI=1S/C26H25F3N2O4S/c1-16(2)23(35-36(33,34)20-11-9-17(3)10-12-20)15-31-22(19-8-6-7-18(4)13-19)14-21(26(27,28)29)24(30-5)25(31)32/h6-14,16,23H,15H2,1-4H3. The Morgan fingerprint density at radius 3 is 2.19 bits per heavy atom. The topological polar surface area (TPSA) is 69.7 Å². The zero-order chi connectivity index (χ0) is 26.8. The molecule has 0 aliphatic heterocycles. The van der Waals surface area contributed by atoms with Crippen molar-refractivity contribution in [3.63, 3.8) is 0 Å². The van der Waals surface area contributed by atoms with Crippen LogP contribution in [0, 0.1) is 26.3 Å². The summed E-state index contributed by atoms with van der Waals surface area (Å²) in [6.45, 7) is 13.7. The summed E-state index contributed by atoms with van der Waals surface area (Å²) in [4.78, 5) is 16.0. The fourth-order valence-corrected chi connectivity index (χ4v) is 4.83. The zero-order valence-electron chi connectivity index (χ0n) is 20.1. The smallest absolute Gasteiger partial charge is 0.314 e. The number of nitrogens with zero attached hydrogens (tertiary/aromatic N) is 2. The largest absolute Gasteiger partial charge is 0.407 e. The van der Waals surface area contributed by atoms with Gasteiger partial charge >= 0.3 is 6.18 Å². The van der Waals surface area contributed by atoms with Crippen molar-refractivity contribution in [2.45, 2.75) is 51.4 Å². The summed E-state index contributed by atoms with van der Waals surface area (Å²) in [5.74, 6) is -0.443. The molecule has 0 saturated carbocycles. The molecule has 2 aromatic carbocycles. The summed E-state index contributed by atoms with van der Waals surface area (Å²) in [6.07, 6.45) is -6.03. The third-order valence-electron chi connectivity index (χ3n) is 5.67. The van der Waals surface area contributed by atoms with Gasteiger partial charge in [-0.3, -0.25) is 8.98 Å². The number of hydrogen-bond donors (Lipinski definition) is 0. The minimum absolute atomic E-state index is 0.0840. The Labute approximate surface area is 207 Å². The number of hydrogen-bond acceptors (Lipinski definition) is 4. The van der Waals surface area contributed by atoms with Gasteiger partial charge in [-0.25, -0.2) is 4.85 Å². The SMILES string of the molecule is [C-]#[N+]c1c(C(F)(F)F)cc(-c2cccc(C)c2)n(CC(OS(=O)(=O)c2ccc(C)cc2)C(C)C)c1=O. The molecule has 0 N–H and O–H groups in total. The molecule has 0 aliphatic rings. The number of benzene rings is 2. The number of aryl methyl sites for hydroxylation is 2. The van der Waals surface area contributed by atoms with E-state index in [2.05, 4.69) is 4.85 Å². The fourth-order valence-electron chi connectivity index (χ4n) is 3.64. The summed E-state index contributed by atoms with van der Waals surface area (Å²) >= 11 is 0. The normalized spacial score (nSPS) is 13.0. The van der Waals surface area contributed by atoms with Crippen molar-refractivity contribution in [3.05, 3.63) is 93.1 Å². The van der Waals surface area contributed by atoms with E-state index in [0.717, 1.165) is 21.8 Å². The lowest BCUT2D eigenvalue weighted by Gasteiger charge is -2.25. The van der Waals surface area contributed by atoms with Crippen LogP contribution in [-0.2, 0) is 27.0 Å². The van der Waals surface area contributed by atoms with Crippen LogP contribution < -0.4 is 5.56 Å². The summed E-state index contributed by atoms with van der Waals surface area (Å²) < 4.78 is 73.6. The molecule has 0 radical (unpaired) electrons. The molecule has 1 unspecified atom stereocenters. The molecule has 0 amide bonds. The molecule has 0 spiro atoms. The van der Waals surface area contributed by atoms with Crippen molar-refractivity contribution in [1.29, 1.82) is 0 Å². The van der Waals surface area contributed by atoms with E-state index in [1.54, 1.807) is 64.1 Å². The van der Waals surface area contributed by atoms with Crippen molar-refractivity contribution < 1.29 is 25.8 Å². The highest BCUT2D eigenvalue weighted by molar-refractivity contribution is 7.86. The van der Waals surface area contributed by atoms with Crippen LogP contribution in [0.2, 0.25) is 0 Å². The van der Waals surface area contributed by atoms with Gasteiger partial charge in [0.2, 0.25) is 0 Å². The first-order valence-corrected chi connectivity index (χ1v) is 12.4. The van der Waals surface area contributed by atoms with Gasteiger partial charge in [-0.1, -0.05) is 55.3 Å². The second-order valence-electron chi connectivity index (χ2n) is 8.83. The van der Waals surface area contributed by atoms with Crippen molar-refractivity contribution in [2.24, 2.45) is 5.92 Å². The number of alkyl halides is 3. The maximum Gasteiger partial charge on any atom is 0.407 e. The molecule has 0 bridgehead atoms. The van der Waals surface area contributed by atoms with Crippen LogP contribution >= 0.6 is 0 Å². The molecular formula is C26H25F3N2O4S. The van der Waals surface area contributed by atoms with Gasteiger partial charge in [0.15, 0.2) is 0 Å². The minimum Gasteiger partial charge on any atom is -0.314 e.